The van der Waals surface area contributed by atoms with Crippen molar-refractivity contribution >= 4 is 5.91 Å². The molecule has 0 saturated heterocycles. The van der Waals surface area contributed by atoms with E-state index in [1.807, 2.05) is 24.3 Å². The van der Waals surface area contributed by atoms with Crippen LogP contribution in [0.1, 0.15) is 65.2 Å². The Morgan fingerprint density at radius 1 is 1.03 bits per heavy atom. The molecule has 5 nitrogen and oxygen atoms in total. The van der Waals surface area contributed by atoms with Crippen molar-refractivity contribution in [2.24, 2.45) is 0 Å². The van der Waals surface area contributed by atoms with Crippen molar-refractivity contribution in [3.8, 4) is 0 Å². The van der Waals surface area contributed by atoms with Gasteiger partial charge in [0.1, 0.15) is 13.1 Å². The molecule has 0 aliphatic heterocycles. The highest BCUT2D eigenvalue weighted by Crippen LogP contribution is 2.17. The van der Waals surface area contributed by atoms with Crippen LogP contribution in [0.5, 0.6) is 0 Å². The van der Waals surface area contributed by atoms with Crippen molar-refractivity contribution in [2.75, 3.05) is 6.54 Å². The van der Waals surface area contributed by atoms with Gasteiger partial charge in [-0.1, -0.05) is 36.8 Å². The monoisotopic (exact) mass is 432 g/mol. The number of hydrogen-bond donors (Lipinski definition) is 2. The number of furan rings is 1. The lowest BCUT2D eigenvalue weighted by molar-refractivity contribution is -0.954. The Hall–Kier alpha value is -2.92. The molecule has 1 amide bonds. The number of hydrogen-bond acceptors (Lipinski definition) is 3. The average molecular weight is 433 g/mol. The fourth-order valence-electron chi connectivity index (χ4n) is 4.67. The normalized spacial score (nSPS) is 15.4. The van der Waals surface area contributed by atoms with Gasteiger partial charge in [0.05, 0.1) is 6.04 Å². The van der Waals surface area contributed by atoms with Crippen LogP contribution in [0.3, 0.4) is 0 Å². The molecule has 2 N–H and O–H groups in total. The molecular weight excluding hydrogens is 398 g/mol. The molecule has 4 rings (SSSR count). The Morgan fingerprint density at radius 2 is 1.84 bits per heavy atom. The minimum Gasteiger partial charge on any atom is -0.450 e. The third-order valence-electron chi connectivity index (χ3n) is 6.54. The highest BCUT2D eigenvalue weighted by Gasteiger charge is 2.26. The van der Waals surface area contributed by atoms with E-state index in [4.69, 9.17) is 4.42 Å². The molecule has 1 unspecified atom stereocenters. The summed E-state index contributed by atoms with van der Waals surface area (Å²) >= 11 is 0. The molecule has 5 heteroatoms. The van der Waals surface area contributed by atoms with Crippen LogP contribution in [0, 0.1) is 6.92 Å². The smallest absolute Gasteiger partial charge is 0.287 e. The molecular formula is C27H34N3O2+. The molecule has 168 valence electrons. The molecule has 32 heavy (non-hydrogen) atoms. The molecule has 1 aliphatic rings. The fourth-order valence-corrected chi connectivity index (χ4v) is 4.67. The Kier molecular flexibility index (Phi) is 7.73. The first-order chi connectivity index (χ1) is 15.7. The third-order valence-corrected chi connectivity index (χ3v) is 6.54. The first-order valence-corrected chi connectivity index (χ1v) is 11.8. The summed E-state index contributed by atoms with van der Waals surface area (Å²) in [5, 5.41) is 2.95. The van der Waals surface area contributed by atoms with Crippen molar-refractivity contribution in [1.82, 2.24) is 10.3 Å². The molecule has 0 bridgehead atoms. The van der Waals surface area contributed by atoms with Gasteiger partial charge in [0.2, 0.25) is 0 Å². The van der Waals surface area contributed by atoms with E-state index >= 15 is 0 Å². The molecule has 2 aromatic heterocycles. The van der Waals surface area contributed by atoms with E-state index in [1.54, 1.807) is 12.3 Å². The maximum Gasteiger partial charge on any atom is 0.287 e. The van der Waals surface area contributed by atoms with Crippen LogP contribution in [0.4, 0.5) is 0 Å². The second-order valence-corrected chi connectivity index (χ2v) is 8.87. The minimum absolute atomic E-state index is 0.162. The molecule has 1 atom stereocenters. The maximum atomic E-state index is 12.5. The zero-order chi connectivity index (χ0) is 22.2. The lowest BCUT2D eigenvalue weighted by atomic mass is 9.93. The highest BCUT2D eigenvalue weighted by atomic mass is 16.4. The molecule has 3 aromatic rings. The number of rotatable bonds is 9. The standard InChI is InChI=1S/C27H33N3O2/c1-21-9-5-6-10-22(21)19-30(24-12-3-2-4-13-24)20-25-14-15-26(32-25)27(31)29-18-16-23-11-7-8-17-28-23/h5-11,14-15,17,24H,2-4,12-13,16,18-20H2,1H3,(H,29,31)/p+1. The van der Waals surface area contributed by atoms with Crippen LogP contribution in [0.2, 0.25) is 0 Å². The number of pyridine rings is 1. The molecule has 2 heterocycles. The number of benzene rings is 1. The van der Waals surface area contributed by atoms with Crippen LogP contribution in [0.15, 0.2) is 65.2 Å². The number of quaternary nitrogens is 1. The molecule has 1 fully saturated rings. The van der Waals surface area contributed by atoms with Crippen molar-refractivity contribution < 1.29 is 14.1 Å². The third kappa shape index (κ3) is 6.07. The summed E-state index contributed by atoms with van der Waals surface area (Å²) < 4.78 is 5.99. The van der Waals surface area contributed by atoms with Gasteiger partial charge in [0, 0.05) is 30.4 Å². The van der Waals surface area contributed by atoms with Gasteiger partial charge in [-0.2, -0.15) is 0 Å². The first kappa shape index (κ1) is 22.3. The molecule has 0 radical (unpaired) electrons. The van der Waals surface area contributed by atoms with Crippen LogP contribution in [-0.4, -0.2) is 23.5 Å². The number of amides is 1. The van der Waals surface area contributed by atoms with Crippen LogP contribution >= 0.6 is 0 Å². The second kappa shape index (κ2) is 11.1. The summed E-state index contributed by atoms with van der Waals surface area (Å²) in [6, 6.07) is 18.9. The van der Waals surface area contributed by atoms with Gasteiger partial charge in [-0.25, -0.2) is 0 Å². The Labute approximate surface area is 190 Å². The summed E-state index contributed by atoms with van der Waals surface area (Å²) in [5.74, 6) is 1.11. The van der Waals surface area contributed by atoms with Gasteiger partial charge < -0.3 is 14.6 Å². The summed E-state index contributed by atoms with van der Waals surface area (Å²) in [4.78, 5) is 18.4. The number of aryl methyl sites for hydroxylation is 1. The summed E-state index contributed by atoms with van der Waals surface area (Å²) in [6.45, 7) is 4.52. The number of carbonyl (C=O) groups is 1. The van der Waals surface area contributed by atoms with Crippen LogP contribution in [0.25, 0.3) is 0 Å². The lowest BCUT2D eigenvalue weighted by Gasteiger charge is -2.31. The number of carbonyl (C=O) groups excluding carboxylic acids is 1. The zero-order valence-corrected chi connectivity index (χ0v) is 19.0. The lowest BCUT2D eigenvalue weighted by Crippen LogP contribution is -3.13. The summed E-state index contributed by atoms with van der Waals surface area (Å²) in [6.07, 6.45) is 8.97. The number of aromatic nitrogens is 1. The second-order valence-electron chi connectivity index (χ2n) is 8.87. The maximum absolute atomic E-state index is 12.5. The molecule has 1 saturated carbocycles. The van der Waals surface area contributed by atoms with Crippen molar-refractivity contribution in [3.05, 3.63) is 89.1 Å². The van der Waals surface area contributed by atoms with Crippen LogP contribution < -0.4 is 10.2 Å². The van der Waals surface area contributed by atoms with Crippen molar-refractivity contribution in [2.45, 2.75) is 64.6 Å². The zero-order valence-electron chi connectivity index (χ0n) is 19.0. The van der Waals surface area contributed by atoms with Gasteiger partial charge >= 0.3 is 0 Å². The number of nitrogens with one attached hydrogen (secondary N) is 2. The van der Waals surface area contributed by atoms with Crippen molar-refractivity contribution in [1.29, 1.82) is 0 Å². The predicted molar refractivity (Wildman–Crippen MR) is 125 cm³/mol. The fraction of sp³-hybridized carbons (Fsp3) is 0.407. The van der Waals surface area contributed by atoms with Crippen LogP contribution in [-0.2, 0) is 19.5 Å². The quantitative estimate of drug-likeness (QED) is 0.540. The minimum atomic E-state index is -0.162. The number of nitrogens with zero attached hydrogens (tertiary/aromatic N) is 1. The van der Waals surface area contributed by atoms with Gasteiger partial charge in [-0.15, -0.1) is 0 Å². The first-order valence-electron chi connectivity index (χ1n) is 11.8. The van der Waals surface area contributed by atoms with E-state index in [2.05, 4.69) is 41.5 Å². The molecule has 0 spiro atoms. The van der Waals surface area contributed by atoms with Gasteiger partial charge in [-0.3, -0.25) is 9.78 Å². The van der Waals surface area contributed by atoms with Gasteiger partial charge in [0.25, 0.3) is 5.91 Å². The SMILES string of the molecule is Cc1ccccc1C[NH+](Cc1ccc(C(=O)NCCc2ccccn2)o1)C1CCCCC1. The predicted octanol–water partition coefficient (Wildman–Crippen LogP) is 3.87. The van der Waals surface area contributed by atoms with E-state index in [1.165, 1.54) is 48.1 Å². The van der Waals surface area contributed by atoms with E-state index in [0.717, 1.165) is 24.5 Å². The van der Waals surface area contributed by atoms with E-state index in [9.17, 15) is 4.79 Å². The van der Waals surface area contributed by atoms with E-state index in [-0.39, 0.29) is 5.91 Å². The highest BCUT2D eigenvalue weighted by molar-refractivity contribution is 5.91. The van der Waals surface area contributed by atoms with Crippen molar-refractivity contribution in [3.63, 3.8) is 0 Å². The topological polar surface area (TPSA) is 59.6 Å². The van der Waals surface area contributed by atoms with Gasteiger partial charge in [-0.05, 0) is 62.4 Å². The van der Waals surface area contributed by atoms with Gasteiger partial charge in [0.15, 0.2) is 11.5 Å². The summed E-state index contributed by atoms with van der Waals surface area (Å²) in [5.41, 5.74) is 3.70. The summed E-state index contributed by atoms with van der Waals surface area (Å²) in [7, 11) is 0. The molecule has 1 aromatic carbocycles. The Bertz CT molecular complexity index is 993. The Morgan fingerprint density at radius 3 is 2.62 bits per heavy atom. The largest absolute Gasteiger partial charge is 0.450 e. The Balaban J connectivity index is 1.38. The van der Waals surface area contributed by atoms with E-state index in [0.29, 0.717) is 24.8 Å². The molecule has 1 aliphatic carbocycles. The van der Waals surface area contributed by atoms with E-state index < -0.39 is 0 Å². The average Bonchev–Trinajstić information content (AvgIpc) is 3.30.